The van der Waals surface area contributed by atoms with Crippen LogP contribution in [0.15, 0.2) is 40.0 Å². The van der Waals surface area contributed by atoms with Gasteiger partial charge in [-0.3, -0.25) is 23.9 Å². The quantitative estimate of drug-likeness (QED) is 0.240. The molecular weight excluding hydrogens is 544 g/mol. The summed E-state index contributed by atoms with van der Waals surface area (Å²) >= 11 is 6.87. The Bertz CT molecular complexity index is 1440. The van der Waals surface area contributed by atoms with E-state index in [-0.39, 0.29) is 35.0 Å². The van der Waals surface area contributed by atoms with Crippen LogP contribution in [0.25, 0.3) is 6.08 Å². The van der Waals surface area contributed by atoms with E-state index in [4.69, 9.17) is 17.0 Å². The molecule has 10 heteroatoms. The second-order valence-corrected chi connectivity index (χ2v) is 11.6. The molecule has 2 saturated heterocycles. The van der Waals surface area contributed by atoms with Crippen molar-refractivity contribution in [2.75, 3.05) is 24.6 Å². The molecule has 0 bridgehead atoms. The number of pyridine rings is 1. The Kier molecular flexibility index (Phi) is 9.48. The minimum Gasteiger partial charge on any atom is -0.466 e. The van der Waals surface area contributed by atoms with Gasteiger partial charge in [0.25, 0.3) is 11.5 Å². The molecule has 1 aromatic heterocycles. The summed E-state index contributed by atoms with van der Waals surface area (Å²) in [6, 6.07) is 11.6. The van der Waals surface area contributed by atoms with Crippen molar-refractivity contribution in [2.24, 2.45) is 5.92 Å². The summed E-state index contributed by atoms with van der Waals surface area (Å²) < 4.78 is 7.34. The third-order valence-corrected chi connectivity index (χ3v) is 8.81. The average molecular weight is 579 g/mol. The summed E-state index contributed by atoms with van der Waals surface area (Å²) in [6.07, 6.45) is 3.66. The zero-order valence-electron chi connectivity index (χ0n) is 23.3. The predicted octanol–water partition coefficient (Wildman–Crippen LogP) is 5.18. The highest BCUT2D eigenvalue weighted by Gasteiger charge is 2.37. The van der Waals surface area contributed by atoms with Crippen LogP contribution >= 0.6 is 24.0 Å². The number of esters is 1. The van der Waals surface area contributed by atoms with Gasteiger partial charge in [-0.25, -0.2) is 0 Å². The van der Waals surface area contributed by atoms with Crippen molar-refractivity contribution in [2.45, 2.75) is 59.5 Å². The van der Waals surface area contributed by atoms with E-state index in [1.165, 1.54) is 11.8 Å². The van der Waals surface area contributed by atoms with Crippen molar-refractivity contribution in [3.05, 3.63) is 67.8 Å². The molecule has 2 aliphatic heterocycles. The highest BCUT2D eigenvalue weighted by atomic mass is 32.2. The van der Waals surface area contributed by atoms with Crippen molar-refractivity contribution < 1.29 is 14.3 Å². The average Bonchev–Trinajstić information content (AvgIpc) is 3.24. The van der Waals surface area contributed by atoms with Crippen molar-refractivity contribution in [3.8, 4) is 6.07 Å². The fraction of sp³-hybridized carbons (Fsp3) is 0.433. The van der Waals surface area contributed by atoms with Gasteiger partial charge in [0.05, 0.1) is 23.5 Å². The third-order valence-electron chi connectivity index (χ3n) is 7.48. The minimum atomic E-state index is -0.341. The van der Waals surface area contributed by atoms with Gasteiger partial charge in [0.2, 0.25) is 0 Å². The van der Waals surface area contributed by atoms with Gasteiger partial charge >= 0.3 is 5.97 Å². The number of anilines is 1. The van der Waals surface area contributed by atoms with E-state index in [1.807, 2.05) is 44.2 Å². The summed E-state index contributed by atoms with van der Waals surface area (Å²) in [4.78, 5) is 43.7. The Labute approximate surface area is 244 Å². The smallest absolute Gasteiger partial charge is 0.309 e. The SMILES string of the molecule is CCCn1c(N2CCC(C(=O)OCC)CC2)c(/C=C2/SC(=S)N(C(C)c3ccccc3)C2=O)c(C)c(C#N)c1=O. The van der Waals surface area contributed by atoms with Gasteiger partial charge in [-0.1, -0.05) is 61.2 Å². The first kappa shape index (κ1) is 29.6. The summed E-state index contributed by atoms with van der Waals surface area (Å²) in [5, 5.41) is 9.91. The van der Waals surface area contributed by atoms with E-state index in [0.717, 1.165) is 5.56 Å². The van der Waals surface area contributed by atoms with Gasteiger partial charge in [0.15, 0.2) is 0 Å². The third kappa shape index (κ3) is 5.72. The lowest BCUT2D eigenvalue weighted by Crippen LogP contribution is -2.41. The molecule has 4 rings (SSSR count). The second kappa shape index (κ2) is 12.8. The molecule has 1 unspecified atom stereocenters. The normalized spacial score (nSPS) is 17.8. The lowest BCUT2D eigenvalue weighted by molar-refractivity contribution is -0.148. The molecule has 210 valence electrons. The highest BCUT2D eigenvalue weighted by molar-refractivity contribution is 8.26. The summed E-state index contributed by atoms with van der Waals surface area (Å²) in [5.74, 6) is 0.0817. The molecule has 2 fully saturated rings. The number of hydrogen-bond donors (Lipinski definition) is 0. The molecule has 2 aliphatic rings. The topological polar surface area (TPSA) is 95.6 Å². The number of aromatic nitrogens is 1. The van der Waals surface area contributed by atoms with Crippen LogP contribution < -0.4 is 10.5 Å². The predicted molar refractivity (Wildman–Crippen MR) is 162 cm³/mol. The van der Waals surface area contributed by atoms with Crippen molar-refractivity contribution in [1.29, 1.82) is 5.26 Å². The number of amides is 1. The number of carbonyl (C=O) groups is 2. The van der Waals surface area contributed by atoms with Crippen molar-refractivity contribution in [1.82, 2.24) is 9.47 Å². The maximum atomic E-state index is 13.7. The molecule has 0 aliphatic carbocycles. The van der Waals surface area contributed by atoms with Gasteiger partial charge in [-0.2, -0.15) is 5.26 Å². The van der Waals surface area contributed by atoms with Crippen LogP contribution in [0.4, 0.5) is 5.82 Å². The zero-order valence-corrected chi connectivity index (χ0v) is 24.9. The van der Waals surface area contributed by atoms with Crippen LogP contribution in [0, 0.1) is 24.2 Å². The van der Waals surface area contributed by atoms with E-state index in [9.17, 15) is 19.6 Å². The number of nitriles is 1. The van der Waals surface area contributed by atoms with E-state index < -0.39 is 0 Å². The van der Waals surface area contributed by atoms with E-state index >= 15 is 0 Å². The molecule has 1 atom stereocenters. The number of benzene rings is 1. The number of rotatable bonds is 8. The lowest BCUT2D eigenvalue weighted by Gasteiger charge is -2.35. The van der Waals surface area contributed by atoms with Crippen molar-refractivity contribution in [3.63, 3.8) is 0 Å². The first-order chi connectivity index (χ1) is 19.2. The fourth-order valence-corrected chi connectivity index (χ4v) is 6.73. The van der Waals surface area contributed by atoms with Gasteiger partial charge in [0, 0.05) is 25.2 Å². The van der Waals surface area contributed by atoms with E-state index in [0.29, 0.717) is 71.7 Å². The summed E-state index contributed by atoms with van der Waals surface area (Å²) in [5.41, 5.74) is 1.89. The van der Waals surface area contributed by atoms with Crippen LogP contribution in [-0.2, 0) is 20.9 Å². The van der Waals surface area contributed by atoms with Gasteiger partial charge < -0.3 is 9.64 Å². The Hall–Kier alpha value is -3.42. The maximum Gasteiger partial charge on any atom is 0.309 e. The zero-order chi connectivity index (χ0) is 29.0. The number of ether oxygens (including phenoxy) is 1. The van der Waals surface area contributed by atoms with Gasteiger partial charge in [0.1, 0.15) is 21.8 Å². The van der Waals surface area contributed by atoms with E-state index in [2.05, 4.69) is 11.0 Å². The lowest BCUT2D eigenvalue weighted by atomic mass is 9.95. The van der Waals surface area contributed by atoms with Crippen LogP contribution in [0.1, 0.15) is 68.3 Å². The molecule has 0 radical (unpaired) electrons. The summed E-state index contributed by atoms with van der Waals surface area (Å²) in [7, 11) is 0. The molecule has 2 aromatic rings. The second-order valence-electron chi connectivity index (χ2n) is 9.96. The molecule has 0 saturated carbocycles. The van der Waals surface area contributed by atoms with Gasteiger partial charge in [-0.05, 0) is 57.2 Å². The minimum absolute atomic E-state index is 0.0676. The Balaban J connectivity index is 1.78. The molecule has 1 amide bonds. The molecule has 0 spiro atoms. The van der Waals surface area contributed by atoms with Crippen LogP contribution in [-0.4, -0.2) is 45.4 Å². The molecule has 0 N–H and O–H groups in total. The van der Waals surface area contributed by atoms with Gasteiger partial charge in [-0.15, -0.1) is 0 Å². The number of piperidine rings is 1. The number of thioether (sulfide) groups is 1. The Morgan fingerprint density at radius 2 is 1.90 bits per heavy atom. The van der Waals surface area contributed by atoms with Crippen LogP contribution in [0.5, 0.6) is 0 Å². The Morgan fingerprint density at radius 1 is 1.23 bits per heavy atom. The highest BCUT2D eigenvalue weighted by Crippen LogP contribution is 2.40. The number of carbonyl (C=O) groups excluding carboxylic acids is 2. The molecule has 40 heavy (non-hydrogen) atoms. The molecular formula is C30H34N4O4S2. The maximum absolute atomic E-state index is 13.7. The molecule has 8 nitrogen and oxygen atoms in total. The first-order valence-electron chi connectivity index (χ1n) is 13.6. The fourth-order valence-electron chi connectivity index (χ4n) is 5.33. The number of nitrogens with zero attached hydrogens (tertiary/aromatic N) is 4. The van der Waals surface area contributed by atoms with Crippen molar-refractivity contribution >= 4 is 52.1 Å². The standard InChI is InChI=1S/C30H34N4O4S2/c1-5-14-33-26(32-15-12-22(13-16-32)29(37)38-6-2)23(19(3)24(18-31)27(33)35)17-25-28(36)34(30(39)40-25)20(4)21-10-8-7-9-11-21/h7-11,17,20,22H,5-6,12-16H2,1-4H3/b25-17+. The number of thiocarbonyl (C=S) groups is 1. The Morgan fingerprint density at radius 3 is 2.50 bits per heavy atom. The summed E-state index contributed by atoms with van der Waals surface area (Å²) in [6.45, 7) is 9.34. The van der Waals surface area contributed by atoms with Crippen LogP contribution in [0.2, 0.25) is 0 Å². The van der Waals surface area contributed by atoms with Crippen LogP contribution in [0.3, 0.4) is 0 Å². The molecule has 1 aromatic carbocycles. The van der Waals surface area contributed by atoms with E-state index in [1.54, 1.807) is 29.4 Å². The first-order valence-corrected chi connectivity index (χ1v) is 14.9. The largest absolute Gasteiger partial charge is 0.466 e. The number of hydrogen-bond acceptors (Lipinski definition) is 8. The molecule has 3 heterocycles. The monoisotopic (exact) mass is 578 g/mol.